The topological polar surface area (TPSA) is 79.9 Å². The number of nitrogens with zero attached hydrogens (tertiary/aromatic N) is 2. The Bertz CT molecular complexity index is 954. The van der Waals surface area contributed by atoms with Crippen LogP contribution in [0.1, 0.15) is 36.4 Å². The first-order valence-electron chi connectivity index (χ1n) is 9.73. The molecule has 3 rings (SSSR count). The van der Waals surface area contributed by atoms with Crippen LogP contribution in [0.25, 0.3) is 0 Å². The molecule has 0 spiro atoms. The molecule has 1 heterocycles. The number of aromatic amines is 1. The Hall–Kier alpha value is -2.80. The number of para-hydroxylation sites is 1. The number of nitrogens with one attached hydrogen (secondary N) is 2. The molecule has 0 radical (unpaired) electrons. The number of benzene rings is 2. The summed E-state index contributed by atoms with van der Waals surface area (Å²) in [7, 11) is 0. The van der Waals surface area contributed by atoms with Crippen LogP contribution in [0.2, 0.25) is 0 Å². The lowest BCUT2D eigenvalue weighted by Gasteiger charge is -2.12. The van der Waals surface area contributed by atoms with Crippen LogP contribution in [0.3, 0.4) is 0 Å². The Labute approximate surface area is 175 Å². The molecule has 7 heteroatoms. The van der Waals surface area contributed by atoms with Gasteiger partial charge in [0.05, 0.1) is 5.75 Å². The van der Waals surface area contributed by atoms with Gasteiger partial charge in [-0.05, 0) is 48.6 Å². The fourth-order valence-electron chi connectivity index (χ4n) is 2.89. The van der Waals surface area contributed by atoms with Crippen LogP contribution in [-0.4, -0.2) is 26.8 Å². The Balaban J connectivity index is 1.49. The van der Waals surface area contributed by atoms with Crippen LogP contribution >= 0.6 is 11.8 Å². The van der Waals surface area contributed by atoms with Gasteiger partial charge in [-0.25, -0.2) is 4.98 Å². The summed E-state index contributed by atoms with van der Waals surface area (Å²) >= 11 is 1.29. The fraction of sp³-hybridized carbons (Fsp3) is 0.318. The quantitative estimate of drug-likeness (QED) is 0.506. The average Bonchev–Trinajstić information content (AvgIpc) is 3.20. The molecule has 3 aromatic rings. The van der Waals surface area contributed by atoms with E-state index >= 15 is 0 Å². The van der Waals surface area contributed by atoms with Crippen molar-refractivity contribution in [2.75, 3.05) is 11.1 Å². The number of carbonyl (C=O) groups is 1. The van der Waals surface area contributed by atoms with E-state index in [1.165, 1.54) is 17.3 Å². The smallest absolute Gasteiger partial charge is 0.234 e. The molecular formula is C22H26N4O2S. The van der Waals surface area contributed by atoms with E-state index in [1.54, 1.807) is 0 Å². The van der Waals surface area contributed by atoms with E-state index in [1.807, 2.05) is 49.4 Å². The van der Waals surface area contributed by atoms with E-state index in [0.29, 0.717) is 17.6 Å². The van der Waals surface area contributed by atoms with Crippen molar-refractivity contribution in [3.8, 4) is 5.75 Å². The average molecular weight is 411 g/mol. The lowest BCUT2D eigenvalue weighted by Crippen LogP contribution is -2.16. The van der Waals surface area contributed by atoms with Crippen LogP contribution in [-0.2, 0) is 24.2 Å². The molecule has 1 amide bonds. The zero-order valence-electron chi connectivity index (χ0n) is 17.0. The molecule has 0 aliphatic rings. The molecule has 6 nitrogen and oxygen atoms in total. The van der Waals surface area contributed by atoms with Crippen molar-refractivity contribution in [2.24, 2.45) is 0 Å². The molecule has 0 bridgehead atoms. The molecule has 0 saturated carbocycles. The molecule has 0 unspecified atom stereocenters. The van der Waals surface area contributed by atoms with E-state index in [4.69, 9.17) is 4.74 Å². The number of aromatic nitrogens is 3. The van der Waals surface area contributed by atoms with Gasteiger partial charge in [0.1, 0.15) is 12.4 Å². The zero-order chi connectivity index (χ0) is 20.6. The van der Waals surface area contributed by atoms with Gasteiger partial charge in [0.15, 0.2) is 5.82 Å². The number of hydrogen-bond donors (Lipinski definition) is 2. The first kappa shape index (κ1) is 20.9. The number of carbonyl (C=O) groups excluding carboxylic acids is 1. The van der Waals surface area contributed by atoms with Gasteiger partial charge in [-0.15, -0.1) is 5.10 Å². The largest absolute Gasteiger partial charge is 0.486 e. The van der Waals surface area contributed by atoms with E-state index in [2.05, 4.69) is 34.3 Å². The van der Waals surface area contributed by atoms with Gasteiger partial charge < -0.3 is 10.1 Å². The number of anilines is 1. The van der Waals surface area contributed by atoms with Gasteiger partial charge in [0, 0.05) is 5.69 Å². The van der Waals surface area contributed by atoms with E-state index in [-0.39, 0.29) is 11.7 Å². The zero-order valence-corrected chi connectivity index (χ0v) is 17.8. The molecular weight excluding hydrogens is 384 g/mol. The van der Waals surface area contributed by atoms with Crippen LogP contribution in [0.5, 0.6) is 5.75 Å². The Morgan fingerprint density at radius 3 is 2.66 bits per heavy atom. The van der Waals surface area contributed by atoms with E-state index in [9.17, 15) is 4.79 Å². The molecule has 0 saturated heterocycles. The Morgan fingerprint density at radius 1 is 1.14 bits per heavy atom. The molecule has 0 aliphatic heterocycles. The number of ether oxygens (including phenoxy) is 1. The van der Waals surface area contributed by atoms with Gasteiger partial charge in [0.25, 0.3) is 0 Å². The summed E-state index contributed by atoms with van der Waals surface area (Å²) in [5.41, 5.74) is 4.36. The second kappa shape index (κ2) is 10.1. The highest BCUT2D eigenvalue weighted by molar-refractivity contribution is 7.99. The number of aryl methyl sites for hydroxylation is 3. The first-order chi connectivity index (χ1) is 14.1. The predicted octanol–water partition coefficient (Wildman–Crippen LogP) is 4.55. The molecule has 2 N–H and O–H groups in total. The van der Waals surface area contributed by atoms with Crippen molar-refractivity contribution in [3.05, 3.63) is 65.0 Å². The second-order valence-corrected chi connectivity index (χ2v) is 7.59. The monoisotopic (exact) mass is 410 g/mol. The molecule has 1 aromatic heterocycles. The summed E-state index contributed by atoms with van der Waals surface area (Å²) < 4.78 is 5.73. The normalized spacial score (nSPS) is 10.7. The summed E-state index contributed by atoms with van der Waals surface area (Å²) in [5, 5.41) is 10.6. The van der Waals surface area contributed by atoms with Gasteiger partial charge in [-0.1, -0.05) is 55.9 Å². The second-order valence-electron chi connectivity index (χ2n) is 6.65. The van der Waals surface area contributed by atoms with E-state index in [0.717, 1.165) is 35.4 Å². The standard InChI is InChI=1S/C22H26N4O2S/c1-4-16-9-11-18(12-10-16)28-13-19-23-22(26-25-19)29-14-20(27)24-21-15(3)7-6-8-17(21)5-2/h6-12H,4-5,13-14H2,1-3H3,(H,24,27)(H,23,25,26). The molecule has 0 fully saturated rings. The lowest BCUT2D eigenvalue weighted by molar-refractivity contribution is -0.113. The van der Waals surface area contributed by atoms with Gasteiger partial charge in [0.2, 0.25) is 11.1 Å². The van der Waals surface area contributed by atoms with Crippen LogP contribution in [0, 0.1) is 6.92 Å². The Morgan fingerprint density at radius 2 is 1.93 bits per heavy atom. The summed E-state index contributed by atoms with van der Waals surface area (Å²) in [6, 6.07) is 14.0. The maximum atomic E-state index is 12.4. The summed E-state index contributed by atoms with van der Waals surface area (Å²) in [6.07, 6.45) is 1.87. The van der Waals surface area contributed by atoms with Crippen LogP contribution in [0.4, 0.5) is 5.69 Å². The first-order valence-corrected chi connectivity index (χ1v) is 10.7. The lowest BCUT2D eigenvalue weighted by atomic mass is 10.1. The molecule has 0 aliphatic carbocycles. The number of H-pyrrole nitrogens is 1. The van der Waals surface area contributed by atoms with Gasteiger partial charge in [-0.2, -0.15) is 0 Å². The minimum absolute atomic E-state index is 0.0717. The van der Waals surface area contributed by atoms with Crippen molar-refractivity contribution in [1.29, 1.82) is 0 Å². The summed E-state index contributed by atoms with van der Waals surface area (Å²) in [5.74, 6) is 1.59. The van der Waals surface area contributed by atoms with Crippen LogP contribution < -0.4 is 10.1 Å². The third-order valence-corrected chi connectivity index (χ3v) is 5.40. The maximum Gasteiger partial charge on any atom is 0.234 e. The fourth-order valence-corrected chi connectivity index (χ4v) is 3.50. The van der Waals surface area contributed by atoms with E-state index < -0.39 is 0 Å². The number of amides is 1. The highest BCUT2D eigenvalue weighted by Crippen LogP contribution is 2.22. The summed E-state index contributed by atoms with van der Waals surface area (Å²) in [4.78, 5) is 16.7. The Kier molecular flexibility index (Phi) is 7.30. The van der Waals surface area contributed by atoms with Crippen molar-refractivity contribution in [2.45, 2.75) is 45.4 Å². The third-order valence-electron chi connectivity index (χ3n) is 4.56. The molecule has 0 atom stereocenters. The minimum atomic E-state index is -0.0717. The van der Waals surface area contributed by atoms with Crippen LogP contribution in [0.15, 0.2) is 47.6 Å². The van der Waals surface area contributed by atoms with Gasteiger partial charge in [-0.3, -0.25) is 9.89 Å². The highest BCUT2D eigenvalue weighted by Gasteiger charge is 2.11. The highest BCUT2D eigenvalue weighted by atomic mass is 32.2. The SMILES string of the molecule is CCc1ccc(OCc2nc(SCC(=O)Nc3c(C)cccc3CC)n[nH]2)cc1. The van der Waals surface area contributed by atoms with Gasteiger partial charge >= 0.3 is 0 Å². The van der Waals surface area contributed by atoms with Crippen molar-refractivity contribution >= 4 is 23.4 Å². The van der Waals surface area contributed by atoms with Crippen molar-refractivity contribution in [1.82, 2.24) is 15.2 Å². The molecule has 29 heavy (non-hydrogen) atoms. The third kappa shape index (κ3) is 5.84. The number of rotatable bonds is 9. The summed E-state index contributed by atoms with van der Waals surface area (Å²) in [6.45, 7) is 6.50. The molecule has 152 valence electrons. The maximum absolute atomic E-state index is 12.4. The van der Waals surface area contributed by atoms with Crippen molar-refractivity contribution < 1.29 is 9.53 Å². The minimum Gasteiger partial charge on any atom is -0.486 e. The predicted molar refractivity (Wildman–Crippen MR) is 116 cm³/mol. The number of hydrogen-bond acceptors (Lipinski definition) is 5. The van der Waals surface area contributed by atoms with Crippen molar-refractivity contribution in [3.63, 3.8) is 0 Å². The molecule has 2 aromatic carbocycles. The number of thioether (sulfide) groups is 1.